The molecule has 0 radical (unpaired) electrons. The Bertz CT molecular complexity index is 312. The highest BCUT2D eigenvalue weighted by atomic mass is 15.2. The number of rotatable bonds is 3. The van der Waals surface area contributed by atoms with Crippen molar-refractivity contribution in [1.29, 1.82) is 0 Å². The first kappa shape index (κ1) is 11.4. The minimum Gasteiger partial charge on any atom is -0.367 e. The summed E-state index contributed by atoms with van der Waals surface area (Å²) in [6.07, 6.45) is 7.51. The van der Waals surface area contributed by atoms with Gasteiger partial charge < -0.3 is 10.6 Å². The maximum absolute atomic E-state index is 5.89. The molecule has 0 amide bonds. The van der Waals surface area contributed by atoms with Crippen molar-refractivity contribution in [3.05, 3.63) is 24.5 Å². The maximum Gasteiger partial charge on any atom is 0.0414 e. The normalized spacial score (nSPS) is 25.8. The van der Waals surface area contributed by atoms with Crippen molar-refractivity contribution in [3.63, 3.8) is 0 Å². The average molecular weight is 219 g/mol. The quantitative estimate of drug-likeness (QED) is 0.846. The Morgan fingerprint density at radius 3 is 2.81 bits per heavy atom. The summed E-state index contributed by atoms with van der Waals surface area (Å²) in [5, 5.41) is 0. The molecule has 1 aromatic heterocycles. The van der Waals surface area contributed by atoms with Crippen molar-refractivity contribution in [2.24, 2.45) is 11.7 Å². The number of nitrogens with zero attached hydrogens (tertiary/aromatic N) is 2. The molecule has 3 heteroatoms. The van der Waals surface area contributed by atoms with Crippen molar-refractivity contribution < 1.29 is 0 Å². The summed E-state index contributed by atoms with van der Waals surface area (Å²) in [4.78, 5) is 6.50. The second-order valence-corrected chi connectivity index (χ2v) is 4.59. The summed E-state index contributed by atoms with van der Waals surface area (Å²) in [5.41, 5.74) is 7.15. The van der Waals surface area contributed by atoms with Crippen LogP contribution in [0.5, 0.6) is 0 Å². The molecule has 1 aromatic rings. The molecule has 88 valence electrons. The Hall–Kier alpha value is -1.09. The van der Waals surface area contributed by atoms with E-state index in [1.165, 1.54) is 24.9 Å². The summed E-state index contributed by atoms with van der Waals surface area (Å²) in [6.45, 7) is 4.16. The molecule has 1 aliphatic rings. The molecule has 3 nitrogen and oxygen atoms in total. The summed E-state index contributed by atoms with van der Waals surface area (Å²) in [7, 11) is 0. The third-order valence-corrected chi connectivity index (χ3v) is 3.67. The van der Waals surface area contributed by atoms with Crippen molar-refractivity contribution in [2.45, 2.75) is 32.2 Å². The van der Waals surface area contributed by atoms with Crippen molar-refractivity contribution in [1.82, 2.24) is 4.98 Å². The van der Waals surface area contributed by atoms with E-state index in [4.69, 9.17) is 5.73 Å². The standard InChI is InChI=1S/C13H21N3/c1-2-11-5-8-16(13(9-11)10-14)12-3-6-15-7-4-12/h3-4,6-7,11,13H,2,5,8-10,14H2,1H3. The zero-order valence-corrected chi connectivity index (χ0v) is 9.97. The van der Waals surface area contributed by atoms with E-state index in [2.05, 4.69) is 28.9 Å². The molecule has 1 saturated heterocycles. The van der Waals surface area contributed by atoms with Crippen LogP contribution in [0.4, 0.5) is 5.69 Å². The van der Waals surface area contributed by atoms with Gasteiger partial charge in [0.25, 0.3) is 0 Å². The van der Waals surface area contributed by atoms with Gasteiger partial charge in [-0.2, -0.15) is 0 Å². The van der Waals surface area contributed by atoms with Gasteiger partial charge >= 0.3 is 0 Å². The van der Waals surface area contributed by atoms with E-state index < -0.39 is 0 Å². The van der Waals surface area contributed by atoms with Crippen LogP contribution in [0, 0.1) is 5.92 Å². The molecule has 1 aliphatic heterocycles. The first-order chi connectivity index (χ1) is 7.85. The van der Waals surface area contributed by atoms with E-state index in [-0.39, 0.29) is 0 Å². The summed E-state index contributed by atoms with van der Waals surface area (Å²) in [5.74, 6) is 0.853. The second kappa shape index (κ2) is 5.30. The summed E-state index contributed by atoms with van der Waals surface area (Å²) in [6, 6.07) is 4.66. The first-order valence-electron chi connectivity index (χ1n) is 6.22. The largest absolute Gasteiger partial charge is 0.367 e. The fraction of sp³-hybridized carbons (Fsp3) is 0.615. The minimum absolute atomic E-state index is 0.501. The molecule has 0 spiro atoms. The van der Waals surface area contributed by atoms with Gasteiger partial charge in [0.2, 0.25) is 0 Å². The van der Waals surface area contributed by atoms with E-state index in [1.54, 1.807) is 0 Å². The van der Waals surface area contributed by atoms with Crippen LogP contribution in [0.3, 0.4) is 0 Å². The van der Waals surface area contributed by atoms with Gasteiger partial charge in [-0.25, -0.2) is 0 Å². The molecule has 0 aromatic carbocycles. The van der Waals surface area contributed by atoms with Crippen LogP contribution in [0.25, 0.3) is 0 Å². The molecule has 2 atom stereocenters. The molecule has 0 saturated carbocycles. The molecular formula is C13H21N3. The van der Waals surface area contributed by atoms with Gasteiger partial charge in [0.15, 0.2) is 0 Å². The highest BCUT2D eigenvalue weighted by Gasteiger charge is 2.26. The predicted octanol–water partition coefficient (Wildman–Crippen LogP) is 2.04. The molecule has 16 heavy (non-hydrogen) atoms. The fourth-order valence-electron chi connectivity index (χ4n) is 2.60. The number of nitrogens with two attached hydrogens (primary N) is 1. The van der Waals surface area contributed by atoms with E-state index in [9.17, 15) is 0 Å². The van der Waals surface area contributed by atoms with E-state index in [0.717, 1.165) is 19.0 Å². The predicted molar refractivity (Wildman–Crippen MR) is 67.4 cm³/mol. The number of piperidine rings is 1. The van der Waals surface area contributed by atoms with Crippen LogP contribution < -0.4 is 10.6 Å². The smallest absolute Gasteiger partial charge is 0.0414 e. The number of anilines is 1. The highest BCUT2D eigenvalue weighted by molar-refractivity contribution is 5.46. The number of hydrogen-bond donors (Lipinski definition) is 1. The SMILES string of the molecule is CCC1CCN(c2ccncc2)C(CN)C1. The molecule has 0 aliphatic carbocycles. The molecular weight excluding hydrogens is 198 g/mol. The molecule has 0 bridgehead atoms. The molecule has 2 unspecified atom stereocenters. The Labute approximate surface area is 97.7 Å². The summed E-state index contributed by atoms with van der Waals surface area (Å²) < 4.78 is 0. The van der Waals surface area contributed by atoms with Gasteiger partial charge in [0.1, 0.15) is 0 Å². The third-order valence-electron chi connectivity index (χ3n) is 3.67. The number of pyridine rings is 1. The zero-order chi connectivity index (χ0) is 11.4. The fourth-order valence-corrected chi connectivity index (χ4v) is 2.60. The Morgan fingerprint density at radius 2 is 2.19 bits per heavy atom. The van der Waals surface area contributed by atoms with Gasteiger partial charge in [-0.15, -0.1) is 0 Å². The number of aromatic nitrogens is 1. The van der Waals surface area contributed by atoms with Crippen LogP contribution in [0.1, 0.15) is 26.2 Å². The van der Waals surface area contributed by atoms with Crippen LogP contribution in [0.15, 0.2) is 24.5 Å². The zero-order valence-electron chi connectivity index (χ0n) is 9.97. The first-order valence-corrected chi connectivity index (χ1v) is 6.22. The Kier molecular flexibility index (Phi) is 3.78. The van der Waals surface area contributed by atoms with Crippen LogP contribution in [-0.2, 0) is 0 Å². The Balaban J connectivity index is 2.10. The van der Waals surface area contributed by atoms with E-state index >= 15 is 0 Å². The lowest BCUT2D eigenvalue weighted by molar-refractivity contribution is 0.336. The van der Waals surface area contributed by atoms with Crippen molar-refractivity contribution in [3.8, 4) is 0 Å². The maximum atomic E-state index is 5.89. The van der Waals surface area contributed by atoms with E-state index in [0.29, 0.717) is 6.04 Å². The van der Waals surface area contributed by atoms with Gasteiger partial charge in [-0.05, 0) is 30.9 Å². The van der Waals surface area contributed by atoms with Crippen molar-refractivity contribution in [2.75, 3.05) is 18.0 Å². The van der Waals surface area contributed by atoms with Crippen LogP contribution in [-0.4, -0.2) is 24.1 Å². The topological polar surface area (TPSA) is 42.2 Å². The highest BCUT2D eigenvalue weighted by Crippen LogP contribution is 2.28. The third kappa shape index (κ3) is 2.35. The van der Waals surface area contributed by atoms with Gasteiger partial charge in [0, 0.05) is 37.2 Å². The average Bonchev–Trinajstić information content (AvgIpc) is 2.39. The van der Waals surface area contributed by atoms with Gasteiger partial charge in [-0.1, -0.05) is 13.3 Å². The molecule has 1 fully saturated rings. The second-order valence-electron chi connectivity index (χ2n) is 4.59. The van der Waals surface area contributed by atoms with Crippen molar-refractivity contribution >= 4 is 5.69 Å². The van der Waals surface area contributed by atoms with Gasteiger partial charge in [-0.3, -0.25) is 4.98 Å². The lowest BCUT2D eigenvalue weighted by atomic mass is 9.88. The van der Waals surface area contributed by atoms with Gasteiger partial charge in [0.05, 0.1) is 0 Å². The Morgan fingerprint density at radius 1 is 1.44 bits per heavy atom. The number of hydrogen-bond acceptors (Lipinski definition) is 3. The molecule has 2 N–H and O–H groups in total. The molecule has 2 rings (SSSR count). The van der Waals surface area contributed by atoms with Crippen LogP contribution in [0.2, 0.25) is 0 Å². The van der Waals surface area contributed by atoms with Crippen LogP contribution >= 0.6 is 0 Å². The monoisotopic (exact) mass is 219 g/mol. The minimum atomic E-state index is 0.501. The lowest BCUT2D eigenvalue weighted by Gasteiger charge is -2.40. The lowest BCUT2D eigenvalue weighted by Crippen LogP contribution is -2.46. The van der Waals surface area contributed by atoms with E-state index in [1.807, 2.05) is 12.4 Å². The summed E-state index contributed by atoms with van der Waals surface area (Å²) >= 11 is 0. The molecule has 2 heterocycles.